The number of nitrogens with one attached hydrogen (secondary N) is 2. The predicted octanol–water partition coefficient (Wildman–Crippen LogP) is 0.707. The normalized spacial score (nSPS) is 25.4. The lowest BCUT2D eigenvalue weighted by Gasteiger charge is -2.29. The SMILES string of the molecule is C[C@@H]1CCCN(CC(=O)NC(=O)NC2CC2)C1. The zero-order valence-electron chi connectivity index (χ0n) is 10.4. The van der Waals surface area contributed by atoms with Crippen LogP contribution in [0.1, 0.15) is 32.6 Å². The zero-order valence-corrected chi connectivity index (χ0v) is 10.4. The lowest BCUT2D eigenvalue weighted by atomic mass is 10.0. The molecule has 1 atom stereocenters. The minimum Gasteiger partial charge on any atom is -0.335 e. The number of amides is 3. The van der Waals surface area contributed by atoms with Crippen LogP contribution in [0.5, 0.6) is 0 Å². The Labute approximate surface area is 102 Å². The lowest BCUT2D eigenvalue weighted by Crippen LogP contribution is -2.47. The molecule has 3 amide bonds. The van der Waals surface area contributed by atoms with Crippen LogP contribution in [0.3, 0.4) is 0 Å². The van der Waals surface area contributed by atoms with Crippen molar-refractivity contribution in [3.63, 3.8) is 0 Å². The summed E-state index contributed by atoms with van der Waals surface area (Å²) in [6, 6.07) is -0.0552. The van der Waals surface area contributed by atoms with Crippen LogP contribution in [-0.4, -0.2) is 42.5 Å². The van der Waals surface area contributed by atoms with E-state index in [9.17, 15) is 9.59 Å². The summed E-state index contributed by atoms with van der Waals surface area (Å²) in [5, 5.41) is 5.12. The Morgan fingerprint density at radius 3 is 2.71 bits per heavy atom. The Morgan fingerprint density at radius 1 is 1.29 bits per heavy atom. The Kier molecular flexibility index (Phi) is 3.99. The first kappa shape index (κ1) is 12.4. The number of rotatable bonds is 3. The molecule has 1 aliphatic heterocycles. The molecule has 2 N–H and O–H groups in total. The average Bonchev–Trinajstić information content (AvgIpc) is 3.00. The maximum Gasteiger partial charge on any atom is 0.321 e. The second-order valence-electron chi connectivity index (χ2n) is 5.28. The second kappa shape index (κ2) is 5.49. The van der Waals surface area contributed by atoms with Gasteiger partial charge in [-0.15, -0.1) is 0 Å². The Balaban J connectivity index is 1.66. The topological polar surface area (TPSA) is 61.4 Å². The molecule has 0 spiro atoms. The Morgan fingerprint density at radius 2 is 2.06 bits per heavy atom. The van der Waals surface area contributed by atoms with Gasteiger partial charge in [0.05, 0.1) is 6.54 Å². The van der Waals surface area contributed by atoms with Crippen molar-refractivity contribution in [1.82, 2.24) is 15.5 Å². The smallest absolute Gasteiger partial charge is 0.321 e. The fourth-order valence-corrected chi connectivity index (χ4v) is 2.25. The monoisotopic (exact) mass is 239 g/mol. The summed E-state index contributed by atoms with van der Waals surface area (Å²) in [5.74, 6) is 0.453. The molecular formula is C12H21N3O2. The molecule has 0 aromatic rings. The molecule has 17 heavy (non-hydrogen) atoms. The molecule has 5 nitrogen and oxygen atoms in total. The highest BCUT2D eigenvalue weighted by Crippen LogP contribution is 2.18. The van der Waals surface area contributed by atoms with Gasteiger partial charge in [-0.05, 0) is 38.1 Å². The number of likely N-dealkylation sites (tertiary alicyclic amines) is 1. The van der Waals surface area contributed by atoms with Gasteiger partial charge in [-0.25, -0.2) is 4.79 Å². The van der Waals surface area contributed by atoms with Gasteiger partial charge in [-0.1, -0.05) is 6.92 Å². The van der Waals surface area contributed by atoms with E-state index in [2.05, 4.69) is 22.5 Å². The average molecular weight is 239 g/mol. The van der Waals surface area contributed by atoms with Crippen LogP contribution in [0, 0.1) is 5.92 Å². The van der Waals surface area contributed by atoms with Crippen LogP contribution in [0.4, 0.5) is 4.79 Å². The molecule has 2 aliphatic rings. The van der Waals surface area contributed by atoms with Crippen LogP contribution in [-0.2, 0) is 4.79 Å². The first-order valence-corrected chi connectivity index (χ1v) is 6.46. The van der Waals surface area contributed by atoms with E-state index in [1.165, 1.54) is 6.42 Å². The molecule has 0 aromatic heterocycles. The highest BCUT2D eigenvalue weighted by molar-refractivity contribution is 5.95. The van der Waals surface area contributed by atoms with Crippen molar-refractivity contribution in [2.45, 2.75) is 38.6 Å². The van der Waals surface area contributed by atoms with Crippen molar-refractivity contribution in [2.75, 3.05) is 19.6 Å². The highest BCUT2D eigenvalue weighted by atomic mass is 16.2. The van der Waals surface area contributed by atoms with Gasteiger partial charge in [0.25, 0.3) is 0 Å². The molecule has 1 saturated heterocycles. The summed E-state index contributed by atoms with van der Waals surface area (Å²) in [6.07, 6.45) is 4.44. The minimum absolute atomic E-state index is 0.197. The third-order valence-electron chi connectivity index (χ3n) is 3.27. The summed E-state index contributed by atoms with van der Waals surface area (Å²) < 4.78 is 0. The van der Waals surface area contributed by atoms with Gasteiger partial charge >= 0.3 is 6.03 Å². The molecule has 1 aliphatic carbocycles. The van der Waals surface area contributed by atoms with Gasteiger partial charge in [-0.3, -0.25) is 15.0 Å². The molecule has 2 rings (SSSR count). The standard InChI is InChI=1S/C12H21N3O2/c1-9-3-2-6-15(7-9)8-11(16)14-12(17)13-10-4-5-10/h9-10H,2-8H2,1H3,(H2,13,14,16,17)/t9-/m1/s1. The molecule has 0 aromatic carbocycles. The van der Waals surface area contributed by atoms with Gasteiger partial charge < -0.3 is 5.32 Å². The second-order valence-corrected chi connectivity index (χ2v) is 5.28. The van der Waals surface area contributed by atoms with Crippen LogP contribution >= 0.6 is 0 Å². The maximum absolute atomic E-state index is 11.6. The van der Waals surface area contributed by atoms with Crippen molar-refractivity contribution >= 4 is 11.9 Å². The lowest BCUT2D eigenvalue weighted by molar-refractivity contribution is -0.121. The van der Waals surface area contributed by atoms with Gasteiger partial charge in [0.2, 0.25) is 5.91 Å². The van der Waals surface area contributed by atoms with Crippen molar-refractivity contribution in [3.05, 3.63) is 0 Å². The minimum atomic E-state index is -0.345. The highest BCUT2D eigenvalue weighted by Gasteiger charge is 2.24. The number of piperidine rings is 1. The molecule has 1 saturated carbocycles. The fraction of sp³-hybridized carbons (Fsp3) is 0.833. The quantitative estimate of drug-likeness (QED) is 0.762. The maximum atomic E-state index is 11.6. The van der Waals surface area contributed by atoms with Crippen molar-refractivity contribution in [1.29, 1.82) is 0 Å². The van der Waals surface area contributed by atoms with Crippen molar-refractivity contribution < 1.29 is 9.59 Å². The van der Waals surface area contributed by atoms with Gasteiger partial charge in [-0.2, -0.15) is 0 Å². The number of urea groups is 1. The molecular weight excluding hydrogens is 218 g/mol. The van der Waals surface area contributed by atoms with Gasteiger partial charge in [0.1, 0.15) is 0 Å². The molecule has 0 bridgehead atoms. The van der Waals surface area contributed by atoms with Crippen LogP contribution in [0.25, 0.3) is 0 Å². The first-order chi connectivity index (χ1) is 8.13. The van der Waals surface area contributed by atoms with Gasteiger partial charge in [0.15, 0.2) is 0 Å². The summed E-state index contributed by atoms with van der Waals surface area (Å²) in [4.78, 5) is 25.1. The number of hydrogen-bond donors (Lipinski definition) is 2. The molecule has 0 radical (unpaired) electrons. The van der Waals surface area contributed by atoms with E-state index in [-0.39, 0.29) is 18.0 Å². The summed E-state index contributed by atoms with van der Waals surface area (Å²) in [5.41, 5.74) is 0. The number of hydrogen-bond acceptors (Lipinski definition) is 3. The fourth-order valence-electron chi connectivity index (χ4n) is 2.25. The molecule has 96 valence electrons. The number of imide groups is 1. The summed E-state index contributed by atoms with van der Waals surface area (Å²) in [6.45, 7) is 4.45. The molecule has 1 heterocycles. The molecule has 2 fully saturated rings. The van der Waals surface area contributed by atoms with E-state index in [1.807, 2.05) is 0 Å². The summed E-state index contributed by atoms with van der Waals surface area (Å²) in [7, 11) is 0. The van der Waals surface area contributed by atoms with Crippen molar-refractivity contribution in [2.24, 2.45) is 5.92 Å². The van der Waals surface area contributed by atoms with Crippen LogP contribution < -0.4 is 10.6 Å². The number of nitrogens with zero attached hydrogens (tertiary/aromatic N) is 1. The van der Waals surface area contributed by atoms with Crippen LogP contribution in [0.2, 0.25) is 0 Å². The summed E-state index contributed by atoms with van der Waals surface area (Å²) >= 11 is 0. The third kappa shape index (κ3) is 4.34. The Bertz CT molecular complexity index is 302. The Hall–Kier alpha value is -1.10. The molecule has 5 heteroatoms. The van der Waals surface area contributed by atoms with E-state index in [0.29, 0.717) is 12.5 Å². The van der Waals surface area contributed by atoms with E-state index in [0.717, 1.165) is 32.4 Å². The zero-order chi connectivity index (χ0) is 12.3. The van der Waals surface area contributed by atoms with Crippen molar-refractivity contribution in [3.8, 4) is 0 Å². The number of carbonyl (C=O) groups is 2. The van der Waals surface area contributed by atoms with Crippen LogP contribution in [0.15, 0.2) is 0 Å². The van der Waals surface area contributed by atoms with E-state index in [1.54, 1.807) is 0 Å². The van der Waals surface area contributed by atoms with E-state index >= 15 is 0 Å². The molecule has 0 unspecified atom stereocenters. The largest absolute Gasteiger partial charge is 0.335 e. The number of carbonyl (C=O) groups excluding carboxylic acids is 2. The predicted molar refractivity (Wildman–Crippen MR) is 64.5 cm³/mol. The van der Waals surface area contributed by atoms with E-state index < -0.39 is 0 Å². The first-order valence-electron chi connectivity index (χ1n) is 6.46. The van der Waals surface area contributed by atoms with E-state index in [4.69, 9.17) is 0 Å². The van der Waals surface area contributed by atoms with Gasteiger partial charge in [0, 0.05) is 12.6 Å². The third-order valence-corrected chi connectivity index (χ3v) is 3.27.